The molecule has 0 saturated heterocycles. The Morgan fingerprint density at radius 1 is 1.05 bits per heavy atom. The molecular weight excluding hydrogens is 260 g/mol. The van der Waals surface area contributed by atoms with Crippen molar-refractivity contribution in [2.24, 2.45) is 7.05 Å². The number of benzene rings is 2. The maximum Gasteiger partial charge on any atom is 0.119 e. The van der Waals surface area contributed by atoms with E-state index in [2.05, 4.69) is 54.2 Å². The molecule has 0 bridgehead atoms. The molecule has 0 aliphatic heterocycles. The van der Waals surface area contributed by atoms with Gasteiger partial charge in [-0.05, 0) is 48.7 Å². The van der Waals surface area contributed by atoms with Crippen LogP contribution in [-0.4, -0.2) is 11.7 Å². The standard InChI is InChI=1S/C18H20N2O/c1-13(19-15-8-10-16(21-3)11-9-15)18-12-14-6-4-5-7-17(14)20(18)2/h4-13,19H,1-3H3/t13-/m0/s1. The minimum Gasteiger partial charge on any atom is -0.497 e. The summed E-state index contributed by atoms with van der Waals surface area (Å²) in [5, 5.41) is 4.81. The highest BCUT2D eigenvalue weighted by molar-refractivity contribution is 5.81. The van der Waals surface area contributed by atoms with E-state index in [4.69, 9.17) is 4.74 Å². The van der Waals surface area contributed by atoms with Crippen molar-refractivity contribution >= 4 is 16.6 Å². The largest absolute Gasteiger partial charge is 0.497 e. The molecule has 0 spiro atoms. The van der Waals surface area contributed by atoms with Crippen LogP contribution < -0.4 is 10.1 Å². The fourth-order valence-corrected chi connectivity index (χ4v) is 2.74. The summed E-state index contributed by atoms with van der Waals surface area (Å²) in [6, 6.07) is 19.0. The minimum absolute atomic E-state index is 0.232. The molecule has 0 amide bonds. The van der Waals surface area contributed by atoms with Crippen molar-refractivity contribution in [2.45, 2.75) is 13.0 Å². The fraction of sp³-hybridized carbons (Fsp3) is 0.222. The molecule has 0 fully saturated rings. The monoisotopic (exact) mass is 280 g/mol. The number of fused-ring (bicyclic) bond motifs is 1. The van der Waals surface area contributed by atoms with Crippen LogP contribution in [0, 0.1) is 0 Å². The van der Waals surface area contributed by atoms with Gasteiger partial charge in [-0.3, -0.25) is 0 Å². The molecule has 0 aliphatic rings. The Labute approximate surface area is 125 Å². The van der Waals surface area contributed by atoms with Gasteiger partial charge in [-0.2, -0.15) is 0 Å². The van der Waals surface area contributed by atoms with Crippen molar-refractivity contribution < 1.29 is 4.74 Å². The second-order valence-corrected chi connectivity index (χ2v) is 5.28. The lowest BCUT2D eigenvalue weighted by molar-refractivity contribution is 0.415. The Balaban J connectivity index is 1.86. The van der Waals surface area contributed by atoms with Crippen molar-refractivity contribution in [1.29, 1.82) is 0 Å². The van der Waals surface area contributed by atoms with Gasteiger partial charge in [0.05, 0.1) is 13.2 Å². The van der Waals surface area contributed by atoms with Gasteiger partial charge in [0.1, 0.15) is 5.75 Å². The zero-order valence-electron chi connectivity index (χ0n) is 12.6. The fourth-order valence-electron chi connectivity index (χ4n) is 2.74. The molecule has 21 heavy (non-hydrogen) atoms. The molecule has 3 nitrogen and oxygen atoms in total. The number of rotatable bonds is 4. The van der Waals surface area contributed by atoms with Gasteiger partial charge >= 0.3 is 0 Å². The van der Waals surface area contributed by atoms with Gasteiger partial charge in [0.15, 0.2) is 0 Å². The molecule has 0 aliphatic carbocycles. The third kappa shape index (κ3) is 2.59. The van der Waals surface area contributed by atoms with Crippen LogP contribution in [0.1, 0.15) is 18.7 Å². The molecule has 1 heterocycles. The smallest absolute Gasteiger partial charge is 0.119 e. The second kappa shape index (κ2) is 5.52. The van der Waals surface area contributed by atoms with E-state index in [0.717, 1.165) is 11.4 Å². The van der Waals surface area contributed by atoms with Crippen molar-refractivity contribution in [3.63, 3.8) is 0 Å². The summed E-state index contributed by atoms with van der Waals surface area (Å²) < 4.78 is 7.43. The van der Waals surface area contributed by atoms with E-state index < -0.39 is 0 Å². The molecule has 0 radical (unpaired) electrons. The number of aromatic nitrogens is 1. The van der Waals surface area contributed by atoms with Crippen molar-refractivity contribution in [3.05, 3.63) is 60.3 Å². The first-order valence-electron chi connectivity index (χ1n) is 7.14. The number of anilines is 1. The van der Waals surface area contributed by atoms with E-state index in [1.165, 1.54) is 16.6 Å². The summed E-state index contributed by atoms with van der Waals surface area (Å²) in [5.74, 6) is 0.873. The Bertz CT molecular complexity index is 744. The third-order valence-corrected chi connectivity index (χ3v) is 3.91. The van der Waals surface area contributed by atoms with Crippen LogP contribution in [0.4, 0.5) is 5.69 Å². The number of hydrogen-bond donors (Lipinski definition) is 1. The Morgan fingerprint density at radius 2 is 1.76 bits per heavy atom. The lowest BCUT2D eigenvalue weighted by Crippen LogP contribution is -2.10. The summed E-state index contributed by atoms with van der Waals surface area (Å²) in [4.78, 5) is 0. The first-order valence-corrected chi connectivity index (χ1v) is 7.14. The van der Waals surface area contributed by atoms with Crippen molar-refractivity contribution in [2.75, 3.05) is 12.4 Å². The van der Waals surface area contributed by atoms with Gasteiger partial charge in [0, 0.05) is 23.9 Å². The summed E-state index contributed by atoms with van der Waals surface area (Å²) in [6.45, 7) is 2.18. The van der Waals surface area contributed by atoms with Crippen molar-refractivity contribution in [3.8, 4) is 5.75 Å². The lowest BCUT2D eigenvalue weighted by atomic mass is 10.2. The molecule has 1 aromatic heterocycles. The number of hydrogen-bond acceptors (Lipinski definition) is 2. The van der Waals surface area contributed by atoms with Crippen molar-refractivity contribution in [1.82, 2.24) is 4.57 Å². The minimum atomic E-state index is 0.232. The van der Waals surface area contributed by atoms with Gasteiger partial charge in [0.2, 0.25) is 0 Å². The average Bonchev–Trinajstić information content (AvgIpc) is 2.86. The number of ether oxygens (including phenoxy) is 1. The van der Waals surface area contributed by atoms with Crippen LogP contribution in [-0.2, 0) is 7.05 Å². The first kappa shape index (κ1) is 13.6. The lowest BCUT2D eigenvalue weighted by Gasteiger charge is -2.17. The van der Waals surface area contributed by atoms with Gasteiger partial charge in [-0.15, -0.1) is 0 Å². The quantitative estimate of drug-likeness (QED) is 0.768. The molecule has 3 heteroatoms. The Morgan fingerprint density at radius 3 is 2.43 bits per heavy atom. The van der Waals surface area contributed by atoms with E-state index in [0.29, 0.717) is 0 Å². The molecular formula is C18H20N2O. The SMILES string of the molecule is COc1ccc(N[C@@H](C)c2cc3ccccc3n2C)cc1. The second-order valence-electron chi connectivity index (χ2n) is 5.28. The van der Waals surface area contributed by atoms with E-state index >= 15 is 0 Å². The zero-order chi connectivity index (χ0) is 14.8. The maximum absolute atomic E-state index is 5.19. The van der Waals surface area contributed by atoms with Gasteiger partial charge in [-0.25, -0.2) is 0 Å². The van der Waals surface area contributed by atoms with Crippen LogP contribution in [0.25, 0.3) is 10.9 Å². The van der Waals surface area contributed by atoms with E-state index in [1.807, 2.05) is 24.3 Å². The predicted octanol–water partition coefficient (Wildman–Crippen LogP) is 4.36. The molecule has 0 unspecified atom stereocenters. The van der Waals surface area contributed by atoms with Crippen LogP contribution in [0.3, 0.4) is 0 Å². The molecule has 1 N–H and O–H groups in total. The molecule has 108 valence electrons. The van der Waals surface area contributed by atoms with Gasteiger partial charge in [0.25, 0.3) is 0 Å². The molecule has 3 rings (SSSR count). The zero-order valence-corrected chi connectivity index (χ0v) is 12.6. The summed E-state index contributed by atoms with van der Waals surface area (Å²) in [7, 11) is 3.80. The van der Waals surface area contributed by atoms with Crippen LogP contribution >= 0.6 is 0 Å². The number of nitrogens with one attached hydrogen (secondary N) is 1. The topological polar surface area (TPSA) is 26.2 Å². The van der Waals surface area contributed by atoms with Crippen LogP contribution in [0.2, 0.25) is 0 Å². The summed E-state index contributed by atoms with van der Waals surface area (Å²) in [6.07, 6.45) is 0. The highest BCUT2D eigenvalue weighted by Crippen LogP contribution is 2.26. The first-order chi connectivity index (χ1) is 10.2. The normalized spacial score (nSPS) is 12.3. The summed E-state index contributed by atoms with van der Waals surface area (Å²) >= 11 is 0. The number of nitrogens with zero attached hydrogens (tertiary/aromatic N) is 1. The summed E-state index contributed by atoms with van der Waals surface area (Å²) in [5.41, 5.74) is 3.62. The number of aryl methyl sites for hydroxylation is 1. The molecule has 3 aromatic rings. The van der Waals surface area contributed by atoms with E-state index in [1.54, 1.807) is 7.11 Å². The average molecular weight is 280 g/mol. The van der Waals surface area contributed by atoms with Crippen LogP contribution in [0.15, 0.2) is 54.6 Å². The maximum atomic E-state index is 5.19. The predicted molar refractivity (Wildman–Crippen MR) is 88.0 cm³/mol. The molecule has 1 atom stereocenters. The molecule has 2 aromatic carbocycles. The number of methoxy groups -OCH3 is 1. The highest BCUT2D eigenvalue weighted by atomic mass is 16.5. The van der Waals surface area contributed by atoms with E-state index in [9.17, 15) is 0 Å². The molecule has 0 saturated carbocycles. The van der Waals surface area contributed by atoms with E-state index in [-0.39, 0.29) is 6.04 Å². The Hall–Kier alpha value is -2.42. The van der Waals surface area contributed by atoms with Crippen LogP contribution in [0.5, 0.6) is 5.75 Å². The highest BCUT2D eigenvalue weighted by Gasteiger charge is 2.12. The number of para-hydroxylation sites is 1. The Kier molecular flexibility index (Phi) is 3.57. The van der Waals surface area contributed by atoms with Gasteiger partial charge in [-0.1, -0.05) is 18.2 Å². The third-order valence-electron chi connectivity index (χ3n) is 3.91. The van der Waals surface area contributed by atoms with Gasteiger partial charge < -0.3 is 14.6 Å².